The molecule has 0 saturated carbocycles. The summed E-state index contributed by atoms with van der Waals surface area (Å²) in [6, 6.07) is 12.0. The predicted octanol–water partition coefficient (Wildman–Crippen LogP) is 2.61. The molecule has 0 unspecified atom stereocenters. The predicted molar refractivity (Wildman–Crippen MR) is 77.5 cm³/mol. The van der Waals surface area contributed by atoms with Crippen LogP contribution in [0.1, 0.15) is 11.1 Å². The summed E-state index contributed by atoms with van der Waals surface area (Å²) in [6.07, 6.45) is 1.71. The first-order valence-electron chi connectivity index (χ1n) is 6.19. The van der Waals surface area contributed by atoms with Crippen LogP contribution >= 0.6 is 0 Å². The third-order valence-electron chi connectivity index (χ3n) is 3.40. The number of carbonyl (C=O) groups excluding carboxylic acids is 1. The fraction of sp³-hybridized carbons (Fsp3) is 0.0625. The smallest absolute Gasteiger partial charge is 0.258 e. The van der Waals surface area contributed by atoms with Crippen LogP contribution in [-0.2, 0) is 4.79 Å². The van der Waals surface area contributed by atoms with E-state index in [1.54, 1.807) is 24.1 Å². The number of phenolic OH excluding ortho intramolecular Hbond substituents is 2. The molecular formula is C16H13NO3. The number of rotatable bonds is 1. The maximum Gasteiger partial charge on any atom is 0.258 e. The lowest BCUT2D eigenvalue weighted by Crippen LogP contribution is -2.20. The number of phenols is 2. The molecule has 0 atom stereocenters. The van der Waals surface area contributed by atoms with E-state index in [-0.39, 0.29) is 17.4 Å². The average Bonchev–Trinajstić information content (AvgIpc) is 2.69. The van der Waals surface area contributed by atoms with Crippen molar-refractivity contribution in [3.63, 3.8) is 0 Å². The average molecular weight is 267 g/mol. The second-order valence-corrected chi connectivity index (χ2v) is 4.69. The summed E-state index contributed by atoms with van der Waals surface area (Å²) in [7, 11) is 1.73. The van der Waals surface area contributed by atoms with Crippen molar-refractivity contribution < 1.29 is 15.0 Å². The molecule has 4 nitrogen and oxygen atoms in total. The number of amides is 1. The summed E-state index contributed by atoms with van der Waals surface area (Å²) in [5, 5.41) is 18.8. The van der Waals surface area contributed by atoms with Gasteiger partial charge in [-0.3, -0.25) is 4.79 Å². The van der Waals surface area contributed by atoms with Gasteiger partial charge < -0.3 is 15.1 Å². The summed E-state index contributed by atoms with van der Waals surface area (Å²) in [5.74, 6) is -0.465. The molecule has 1 aliphatic heterocycles. The minimum absolute atomic E-state index is 0.0845. The van der Waals surface area contributed by atoms with Gasteiger partial charge in [0.25, 0.3) is 5.91 Å². The molecule has 0 spiro atoms. The number of nitrogens with zero attached hydrogens (tertiary/aromatic N) is 1. The Morgan fingerprint density at radius 1 is 1.05 bits per heavy atom. The van der Waals surface area contributed by atoms with Crippen LogP contribution in [0.2, 0.25) is 0 Å². The highest BCUT2D eigenvalue weighted by Gasteiger charge is 2.28. The Bertz CT molecular complexity index is 734. The van der Waals surface area contributed by atoms with E-state index in [9.17, 15) is 15.0 Å². The van der Waals surface area contributed by atoms with Gasteiger partial charge in [-0.2, -0.15) is 0 Å². The van der Waals surface area contributed by atoms with E-state index < -0.39 is 0 Å². The Hall–Kier alpha value is -2.75. The van der Waals surface area contributed by atoms with Crippen molar-refractivity contribution in [1.82, 2.24) is 0 Å². The summed E-state index contributed by atoms with van der Waals surface area (Å²) >= 11 is 0. The lowest BCUT2D eigenvalue weighted by Gasteiger charge is -2.07. The normalized spacial score (nSPS) is 15.8. The number of hydrogen-bond donors (Lipinski definition) is 2. The molecule has 0 saturated heterocycles. The van der Waals surface area contributed by atoms with E-state index in [0.717, 1.165) is 11.3 Å². The Kier molecular flexibility index (Phi) is 2.71. The number of fused-ring (bicyclic) bond motifs is 1. The van der Waals surface area contributed by atoms with Crippen molar-refractivity contribution in [2.45, 2.75) is 0 Å². The van der Waals surface area contributed by atoms with E-state index in [4.69, 9.17) is 0 Å². The summed E-state index contributed by atoms with van der Waals surface area (Å²) < 4.78 is 0. The van der Waals surface area contributed by atoms with Crippen LogP contribution < -0.4 is 4.90 Å². The Morgan fingerprint density at radius 2 is 1.80 bits per heavy atom. The molecule has 0 aliphatic carbocycles. The summed E-state index contributed by atoms with van der Waals surface area (Å²) in [6.45, 7) is 0. The molecule has 1 heterocycles. The van der Waals surface area contributed by atoms with Gasteiger partial charge >= 0.3 is 0 Å². The fourth-order valence-corrected chi connectivity index (χ4v) is 2.34. The molecule has 1 amide bonds. The minimum atomic E-state index is -0.202. The molecule has 3 rings (SSSR count). The maximum atomic E-state index is 12.3. The molecule has 0 bridgehead atoms. The monoisotopic (exact) mass is 267 g/mol. The van der Waals surface area contributed by atoms with Gasteiger partial charge in [-0.25, -0.2) is 0 Å². The van der Waals surface area contributed by atoms with Crippen LogP contribution in [0.4, 0.5) is 5.69 Å². The van der Waals surface area contributed by atoms with Crippen molar-refractivity contribution in [3.8, 4) is 11.5 Å². The van der Waals surface area contributed by atoms with E-state index in [1.165, 1.54) is 12.1 Å². The van der Waals surface area contributed by atoms with E-state index in [2.05, 4.69) is 0 Å². The van der Waals surface area contributed by atoms with E-state index in [0.29, 0.717) is 11.1 Å². The van der Waals surface area contributed by atoms with Gasteiger partial charge in [-0.05, 0) is 29.8 Å². The van der Waals surface area contributed by atoms with E-state index >= 15 is 0 Å². The lowest BCUT2D eigenvalue weighted by molar-refractivity contribution is -0.112. The minimum Gasteiger partial charge on any atom is -0.504 e. The molecule has 2 aromatic carbocycles. The Labute approximate surface area is 116 Å². The van der Waals surface area contributed by atoms with Crippen LogP contribution in [-0.4, -0.2) is 23.2 Å². The van der Waals surface area contributed by atoms with Gasteiger partial charge in [-0.15, -0.1) is 0 Å². The molecule has 20 heavy (non-hydrogen) atoms. The Morgan fingerprint density at radius 3 is 2.55 bits per heavy atom. The van der Waals surface area contributed by atoms with Gasteiger partial charge in [0.2, 0.25) is 0 Å². The van der Waals surface area contributed by atoms with Gasteiger partial charge in [-0.1, -0.05) is 24.3 Å². The largest absolute Gasteiger partial charge is 0.504 e. The third kappa shape index (κ3) is 1.82. The number of para-hydroxylation sites is 1. The van der Waals surface area contributed by atoms with Crippen LogP contribution in [0.5, 0.6) is 11.5 Å². The first kappa shape index (κ1) is 12.3. The highest BCUT2D eigenvalue weighted by Crippen LogP contribution is 2.37. The van der Waals surface area contributed by atoms with Crippen LogP contribution in [0, 0.1) is 0 Å². The molecule has 4 heteroatoms. The van der Waals surface area contributed by atoms with Crippen molar-refractivity contribution in [2.75, 3.05) is 11.9 Å². The fourth-order valence-electron chi connectivity index (χ4n) is 2.34. The molecule has 0 radical (unpaired) electrons. The quantitative estimate of drug-likeness (QED) is 0.616. The molecule has 0 aromatic heterocycles. The zero-order chi connectivity index (χ0) is 14.3. The highest BCUT2D eigenvalue weighted by atomic mass is 16.3. The second kappa shape index (κ2) is 4.42. The van der Waals surface area contributed by atoms with Gasteiger partial charge in [0.15, 0.2) is 11.5 Å². The van der Waals surface area contributed by atoms with Gasteiger partial charge in [0, 0.05) is 18.2 Å². The van der Waals surface area contributed by atoms with Crippen molar-refractivity contribution in [3.05, 3.63) is 53.6 Å². The van der Waals surface area contributed by atoms with Crippen molar-refractivity contribution in [2.24, 2.45) is 0 Å². The summed E-state index contributed by atoms with van der Waals surface area (Å²) in [5.41, 5.74) is 2.97. The van der Waals surface area contributed by atoms with Crippen LogP contribution in [0.15, 0.2) is 42.5 Å². The van der Waals surface area contributed by atoms with Crippen molar-refractivity contribution >= 4 is 23.2 Å². The maximum absolute atomic E-state index is 12.3. The molecule has 2 aromatic rings. The standard InChI is InChI=1S/C16H13NO3/c1-17-13-5-3-2-4-11(13)12(16(17)20)8-10-6-7-14(18)15(19)9-10/h2-9,18-19H,1H3/b12-8-. The first-order chi connectivity index (χ1) is 9.58. The molecule has 0 fully saturated rings. The van der Waals surface area contributed by atoms with Gasteiger partial charge in [0.05, 0.1) is 5.69 Å². The number of anilines is 1. The summed E-state index contributed by atoms with van der Waals surface area (Å²) in [4.78, 5) is 13.9. The number of likely N-dealkylation sites (N-methyl/N-ethyl adjacent to an activating group) is 1. The third-order valence-corrected chi connectivity index (χ3v) is 3.40. The van der Waals surface area contributed by atoms with Gasteiger partial charge in [0.1, 0.15) is 0 Å². The number of hydrogen-bond acceptors (Lipinski definition) is 3. The van der Waals surface area contributed by atoms with Crippen LogP contribution in [0.25, 0.3) is 11.6 Å². The van der Waals surface area contributed by atoms with E-state index in [1.807, 2.05) is 24.3 Å². The number of aromatic hydroxyl groups is 2. The molecular weight excluding hydrogens is 254 g/mol. The zero-order valence-electron chi connectivity index (χ0n) is 10.9. The molecule has 2 N–H and O–H groups in total. The number of benzene rings is 2. The topological polar surface area (TPSA) is 60.8 Å². The number of carbonyl (C=O) groups is 1. The highest BCUT2D eigenvalue weighted by molar-refractivity contribution is 6.35. The lowest BCUT2D eigenvalue weighted by atomic mass is 10.0. The zero-order valence-corrected chi connectivity index (χ0v) is 10.9. The van der Waals surface area contributed by atoms with Crippen LogP contribution in [0.3, 0.4) is 0 Å². The SMILES string of the molecule is CN1C(=O)/C(=C\c2ccc(O)c(O)c2)c2ccccc21. The molecule has 100 valence electrons. The molecule has 1 aliphatic rings. The second-order valence-electron chi connectivity index (χ2n) is 4.69. The first-order valence-corrected chi connectivity index (χ1v) is 6.19. The van der Waals surface area contributed by atoms with Crippen molar-refractivity contribution in [1.29, 1.82) is 0 Å². The Balaban J connectivity index is 2.12.